The predicted molar refractivity (Wildman–Crippen MR) is 76.7 cm³/mol. The summed E-state index contributed by atoms with van der Waals surface area (Å²) in [7, 11) is 0. The number of nitrogens with two attached hydrogens (primary N) is 1. The fourth-order valence-corrected chi connectivity index (χ4v) is 2.43. The molecular formula is C15H11ClF2N2O. The second-order valence-electron chi connectivity index (χ2n) is 4.57. The predicted octanol–water partition coefficient (Wildman–Crippen LogP) is 3.92. The van der Waals surface area contributed by atoms with Gasteiger partial charge in [-0.25, -0.2) is 14.2 Å². The molecule has 0 bridgehead atoms. The van der Waals surface area contributed by atoms with Gasteiger partial charge in [-0.3, -0.25) is 5.84 Å². The molecule has 108 valence electrons. The highest BCUT2D eigenvalue weighted by atomic mass is 35.5. The maximum atomic E-state index is 14.1. The second-order valence-corrected chi connectivity index (χ2v) is 4.98. The first-order valence-electron chi connectivity index (χ1n) is 6.19. The van der Waals surface area contributed by atoms with Crippen molar-refractivity contribution in [1.82, 2.24) is 5.43 Å². The van der Waals surface area contributed by atoms with Crippen LogP contribution in [0.3, 0.4) is 0 Å². The van der Waals surface area contributed by atoms with E-state index in [1.807, 2.05) is 0 Å². The topological polar surface area (TPSA) is 51.2 Å². The zero-order chi connectivity index (χ0) is 15.0. The Kier molecular flexibility index (Phi) is 3.63. The third-order valence-electron chi connectivity index (χ3n) is 3.24. The van der Waals surface area contributed by atoms with Gasteiger partial charge in [-0.15, -0.1) is 0 Å². The Labute approximate surface area is 124 Å². The van der Waals surface area contributed by atoms with Gasteiger partial charge < -0.3 is 4.42 Å². The van der Waals surface area contributed by atoms with Gasteiger partial charge in [-0.05, 0) is 30.3 Å². The summed E-state index contributed by atoms with van der Waals surface area (Å²) >= 11 is 5.78. The number of fused-ring (bicyclic) bond motifs is 1. The van der Waals surface area contributed by atoms with E-state index in [4.69, 9.17) is 21.9 Å². The maximum Gasteiger partial charge on any atom is 0.147 e. The highest BCUT2D eigenvalue weighted by Crippen LogP contribution is 2.31. The van der Waals surface area contributed by atoms with Crippen molar-refractivity contribution in [2.45, 2.75) is 6.04 Å². The van der Waals surface area contributed by atoms with E-state index in [1.165, 1.54) is 24.3 Å². The van der Waals surface area contributed by atoms with Crippen molar-refractivity contribution in [1.29, 1.82) is 0 Å². The van der Waals surface area contributed by atoms with Crippen molar-refractivity contribution in [3.05, 3.63) is 70.4 Å². The van der Waals surface area contributed by atoms with Crippen LogP contribution < -0.4 is 11.3 Å². The van der Waals surface area contributed by atoms with Crippen molar-refractivity contribution in [3.63, 3.8) is 0 Å². The molecule has 0 saturated heterocycles. The minimum Gasteiger partial charge on any atom is -0.459 e. The van der Waals surface area contributed by atoms with Gasteiger partial charge in [0.25, 0.3) is 0 Å². The molecule has 3 N–H and O–H groups in total. The van der Waals surface area contributed by atoms with Crippen LogP contribution in [-0.2, 0) is 0 Å². The summed E-state index contributed by atoms with van der Waals surface area (Å²) in [6.45, 7) is 0. The fourth-order valence-electron chi connectivity index (χ4n) is 2.25. The van der Waals surface area contributed by atoms with E-state index < -0.39 is 11.9 Å². The number of hydrazine groups is 1. The largest absolute Gasteiger partial charge is 0.459 e. The highest BCUT2D eigenvalue weighted by Gasteiger charge is 2.22. The van der Waals surface area contributed by atoms with Crippen molar-refractivity contribution in [2.75, 3.05) is 0 Å². The Hall–Kier alpha value is -1.95. The summed E-state index contributed by atoms with van der Waals surface area (Å²) in [4.78, 5) is 0. The molecule has 0 saturated carbocycles. The quantitative estimate of drug-likeness (QED) is 0.569. The molecule has 21 heavy (non-hydrogen) atoms. The summed E-state index contributed by atoms with van der Waals surface area (Å²) in [5, 5.41) is 0.572. The van der Waals surface area contributed by atoms with Crippen LogP contribution in [-0.4, -0.2) is 0 Å². The average Bonchev–Trinajstić information content (AvgIpc) is 2.87. The molecule has 1 unspecified atom stereocenters. The van der Waals surface area contributed by atoms with E-state index in [9.17, 15) is 8.78 Å². The lowest BCUT2D eigenvalue weighted by Gasteiger charge is -2.15. The van der Waals surface area contributed by atoms with E-state index >= 15 is 0 Å². The molecule has 0 aliphatic rings. The zero-order valence-corrected chi connectivity index (χ0v) is 11.5. The second kappa shape index (κ2) is 5.44. The summed E-state index contributed by atoms with van der Waals surface area (Å²) < 4.78 is 32.9. The van der Waals surface area contributed by atoms with Crippen LogP contribution >= 0.6 is 11.6 Å². The molecule has 0 fully saturated rings. The van der Waals surface area contributed by atoms with Crippen LogP contribution in [0.15, 0.2) is 46.9 Å². The fraction of sp³-hybridized carbons (Fsp3) is 0.0667. The van der Waals surface area contributed by atoms with Crippen LogP contribution in [0.4, 0.5) is 8.78 Å². The third kappa shape index (κ3) is 2.51. The summed E-state index contributed by atoms with van der Waals surface area (Å²) in [6.07, 6.45) is 0. The Balaban J connectivity index is 2.11. The number of furan rings is 1. The lowest BCUT2D eigenvalue weighted by molar-refractivity contribution is 0.462. The number of nitrogens with one attached hydrogen (secondary N) is 1. The molecule has 1 heterocycles. The van der Waals surface area contributed by atoms with Gasteiger partial charge in [-0.1, -0.05) is 23.7 Å². The van der Waals surface area contributed by atoms with E-state index in [2.05, 4.69) is 5.43 Å². The van der Waals surface area contributed by atoms with Gasteiger partial charge in [-0.2, -0.15) is 0 Å². The van der Waals surface area contributed by atoms with Crippen molar-refractivity contribution < 1.29 is 13.2 Å². The Bertz CT molecular complexity index is 803. The zero-order valence-electron chi connectivity index (χ0n) is 10.7. The first-order valence-corrected chi connectivity index (χ1v) is 6.57. The normalized spacial score (nSPS) is 12.8. The molecule has 6 heteroatoms. The molecule has 0 aliphatic heterocycles. The monoisotopic (exact) mass is 308 g/mol. The molecule has 3 aromatic rings. The number of halogens is 3. The first-order chi connectivity index (χ1) is 10.1. The van der Waals surface area contributed by atoms with Crippen LogP contribution in [0.1, 0.15) is 17.4 Å². The van der Waals surface area contributed by atoms with Gasteiger partial charge in [0.15, 0.2) is 0 Å². The van der Waals surface area contributed by atoms with E-state index in [1.54, 1.807) is 18.2 Å². The maximum absolute atomic E-state index is 14.1. The molecule has 0 radical (unpaired) electrons. The van der Waals surface area contributed by atoms with Crippen molar-refractivity contribution in [2.24, 2.45) is 5.84 Å². The summed E-state index contributed by atoms with van der Waals surface area (Å²) in [6, 6.07) is 9.65. The number of benzene rings is 2. The van der Waals surface area contributed by atoms with Gasteiger partial charge in [0.2, 0.25) is 0 Å². The molecule has 3 rings (SSSR count). The van der Waals surface area contributed by atoms with Crippen molar-refractivity contribution >= 4 is 22.6 Å². The van der Waals surface area contributed by atoms with E-state index in [0.717, 1.165) is 0 Å². The minimum absolute atomic E-state index is 0.00472. The first kappa shape index (κ1) is 14.0. The van der Waals surface area contributed by atoms with E-state index in [-0.39, 0.29) is 16.4 Å². The number of hydrogen-bond acceptors (Lipinski definition) is 3. The number of rotatable bonds is 3. The molecule has 1 aromatic heterocycles. The van der Waals surface area contributed by atoms with Gasteiger partial charge in [0, 0.05) is 10.9 Å². The molecule has 0 aliphatic carbocycles. The molecule has 0 amide bonds. The minimum atomic E-state index is -0.723. The lowest BCUT2D eigenvalue weighted by Crippen LogP contribution is -2.29. The van der Waals surface area contributed by atoms with Crippen LogP contribution in [0.2, 0.25) is 5.02 Å². The highest BCUT2D eigenvalue weighted by molar-refractivity contribution is 6.30. The van der Waals surface area contributed by atoms with Crippen molar-refractivity contribution in [3.8, 4) is 0 Å². The standard InChI is InChI=1S/C15H11ClF2N2O/c16-11-3-1-2-10(14(11)18)15(20-19)13-7-8-6-9(17)4-5-12(8)21-13/h1-7,15,20H,19H2. The van der Waals surface area contributed by atoms with Gasteiger partial charge >= 0.3 is 0 Å². The molecule has 2 aromatic carbocycles. The average molecular weight is 309 g/mol. The molecule has 0 spiro atoms. The number of hydrogen-bond donors (Lipinski definition) is 2. The molecule has 3 nitrogen and oxygen atoms in total. The van der Waals surface area contributed by atoms with Gasteiger partial charge in [0.1, 0.15) is 29.0 Å². The van der Waals surface area contributed by atoms with Gasteiger partial charge in [0.05, 0.1) is 5.02 Å². The van der Waals surface area contributed by atoms with Crippen LogP contribution in [0.25, 0.3) is 11.0 Å². The van der Waals surface area contributed by atoms with Crippen LogP contribution in [0, 0.1) is 11.6 Å². The smallest absolute Gasteiger partial charge is 0.147 e. The Morgan fingerprint density at radius 2 is 1.95 bits per heavy atom. The lowest BCUT2D eigenvalue weighted by atomic mass is 10.0. The Morgan fingerprint density at radius 1 is 1.14 bits per heavy atom. The van der Waals surface area contributed by atoms with E-state index in [0.29, 0.717) is 16.7 Å². The third-order valence-corrected chi connectivity index (χ3v) is 3.53. The molecule has 1 atom stereocenters. The molecular weight excluding hydrogens is 298 g/mol. The Morgan fingerprint density at radius 3 is 2.71 bits per heavy atom. The summed E-state index contributed by atoms with van der Waals surface area (Å²) in [5.41, 5.74) is 3.24. The SMILES string of the molecule is NNC(c1cc2cc(F)ccc2o1)c1cccc(Cl)c1F. The van der Waals surface area contributed by atoms with Crippen LogP contribution in [0.5, 0.6) is 0 Å². The summed E-state index contributed by atoms with van der Waals surface area (Å²) in [5.74, 6) is 4.94.